The maximum atomic E-state index is 11.4. The average Bonchev–Trinajstić information content (AvgIpc) is 2.99. The SMILES string of the molecule is CSCC(C)(O)CNC(=O)CNCC1CC1. The Morgan fingerprint density at radius 2 is 2.25 bits per heavy atom. The summed E-state index contributed by atoms with van der Waals surface area (Å²) in [5.74, 6) is 1.37. The molecule has 0 spiro atoms. The Morgan fingerprint density at radius 3 is 2.81 bits per heavy atom. The summed E-state index contributed by atoms with van der Waals surface area (Å²) >= 11 is 1.57. The second kappa shape index (κ2) is 6.47. The van der Waals surface area contributed by atoms with Gasteiger partial charge in [0.15, 0.2) is 0 Å². The molecule has 0 radical (unpaired) electrons. The summed E-state index contributed by atoms with van der Waals surface area (Å²) in [6.07, 6.45) is 4.52. The van der Waals surface area contributed by atoms with Crippen molar-refractivity contribution >= 4 is 17.7 Å². The van der Waals surface area contributed by atoms with Gasteiger partial charge in [-0.25, -0.2) is 0 Å². The highest BCUT2D eigenvalue weighted by atomic mass is 32.2. The highest BCUT2D eigenvalue weighted by Gasteiger charge is 2.22. The third-order valence-corrected chi connectivity index (χ3v) is 3.45. The van der Waals surface area contributed by atoms with Crippen molar-refractivity contribution in [3.05, 3.63) is 0 Å². The predicted molar refractivity (Wildman–Crippen MR) is 67.6 cm³/mol. The van der Waals surface area contributed by atoms with Crippen LogP contribution in [0.5, 0.6) is 0 Å². The highest BCUT2D eigenvalue weighted by Crippen LogP contribution is 2.27. The topological polar surface area (TPSA) is 61.4 Å². The molecule has 1 saturated carbocycles. The first-order chi connectivity index (χ1) is 7.53. The van der Waals surface area contributed by atoms with Crippen LogP contribution >= 0.6 is 11.8 Å². The lowest BCUT2D eigenvalue weighted by molar-refractivity contribution is -0.121. The Hall–Kier alpha value is -0.260. The van der Waals surface area contributed by atoms with Crippen LogP contribution in [0.15, 0.2) is 0 Å². The van der Waals surface area contributed by atoms with Crippen molar-refractivity contribution < 1.29 is 9.90 Å². The number of carbonyl (C=O) groups is 1. The Kier molecular flexibility index (Phi) is 5.58. The molecule has 3 N–H and O–H groups in total. The Balaban J connectivity index is 2.03. The molecule has 0 heterocycles. The molecule has 4 nitrogen and oxygen atoms in total. The maximum Gasteiger partial charge on any atom is 0.234 e. The fourth-order valence-electron chi connectivity index (χ4n) is 1.43. The molecule has 0 aromatic carbocycles. The van der Waals surface area contributed by atoms with E-state index >= 15 is 0 Å². The van der Waals surface area contributed by atoms with Crippen molar-refractivity contribution in [3.8, 4) is 0 Å². The van der Waals surface area contributed by atoms with Crippen LogP contribution in [0, 0.1) is 5.92 Å². The number of amides is 1. The molecule has 1 amide bonds. The van der Waals surface area contributed by atoms with Crippen LogP contribution < -0.4 is 10.6 Å². The van der Waals surface area contributed by atoms with Crippen molar-refractivity contribution in [3.63, 3.8) is 0 Å². The van der Waals surface area contributed by atoms with Gasteiger partial charge in [0.25, 0.3) is 0 Å². The average molecular weight is 246 g/mol. The molecule has 1 rings (SSSR count). The van der Waals surface area contributed by atoms with Crippen LogP contribution in [0.2, 0.25) is 0 Å². The van der Waals surface area contributed by atoms with Crippen molar-refractivity contribution in [1.82, 2.24) is 10.6 Å². The predicted octanol–water partition coefficient (Wildman–Crippen LogP) is 0.216. The molecule has 16 heavy (non-hydrogen) atoms. The molecule has 5 heteroatoms. The summed E-state index contributed by atoms with van der Waals surface area (Å²) in [5.41, 5.74) is -0.814. The van der Waals surface area contributed by atoms with Gasteiger partial charge < -0.3 is 15.7 Å². The number of aliphatic hydroxyl groups is 1. The van der Waals surface area contributed by atoms with Gasteiger partial charge in [0.2, 0.25) is 5.91 Å². The van der Waals surface area contributed by atoms with Crippen LogP contribution in [0.3, 0.4) is 0 Å². The zero-order chi connectivity index (χ0) is 12.0. The van der Waals surface area contributed by atoms with E-state index in [1.807, 2.05) is 6.26 Å². The smallest absolute Gasteiger partial charge is 0.234 e. The molecule has 1 fully saturated rings. The van der Waals surface area contributed by atoms with E-state index < -0.39 is 5.60 Å². The van der Waals surface area contributed by atoms with Gasteiger partial charge in [0, 0.05) is 12.3 Å². The van der Waals surface area contributed by atoms with E-state index in [4.69, 9.17) is 0 Å². The number of hydrogen-bond acceptors (Lipinski definition) is 4. The van der Waals surface area contributed by atoms with Gasteiger partial charge in [-0.15, -0.1) is 0 Å². The van der Waals surface area contributed by atoms with Gasteiger partial charge in [0.1, 0.15) is 0 Å². The molecule has 0 saturated heterocycles. The summed E-state index contributed by atoms with van der Waals surface area (Å²) in [6.45, 7) is 3.35. The van der Waals surface area contributed by atoms with Crippen LogP contribution in [-0.2, 0) is 4.79 Å². The number of nitrogens with one attached hydrogen (secondary N) is 2. The minimum atomic E-state index is -0.814. The van der Waals surface area contributed by atoms with Gasteiger partial charge >= 0.3 is 0 Å². The summed E-state index contributed by atoms with van der Waals surface area (Å²) in [6, 6.07) is 0. The molecule has 94 valence electrons. The Bertz CT molecular complexity index is 230. The first-order valence-corrected chi connectivity index (χ1v) is 7.11. The molecule has 1 aliphatic rings. The number of thioether (sulfide) groups is 1. The van der Waals surface area contributed by atoms with E-state index in [0.717, 1.165) is 12.5 Å². The van der Waals surface area contributed by atoms with Crippen LogP contribution in [-0.4, -0.2) is 48.3 Å². The van der Waals surface area contributed by atoms with Gasteiger partial charge in [-0.3, -0.25) is 4.79 Å². The number of hydrogen-bond donors (Lipinski definition) is 3. The van der Waals surface area contributed by atoms with Gasteiger partial charge in [-0.2, -0.15) is 11.8 Å². The van der Waals surface area contributed by atoms with Gasteiger partial charge in [-0.05, 0) is 38.5 Å². The zero-order valence-electron chi connectivity index (χ0n) is 10.1. The Morgan fingerprint density at radius 1 is 1.56 bits per heavy atom. The van der Waals surface area contributed by atoms with Crippen LogP contribution in [0.25, 0.3) is 0 Å². The third kappa shape index (κ3) is 6.35. The largest absolute Gasteiger partial charge is 0.387 e. The lowest BCUT2D eigenvalue weighted by Gasteiger charge is -2.22. The minimum absolute atomic E-state index is 0.0398. The molecule has 0 aliphatic heterocycles. The summed E-state index contributed by atoms with van der Waals surface area (Å²) in [5, 5.41) is 15.7. The molecule has 1 aliphatic carbocycles. The van der Waals surface area contributed by atoms with E-state index in [2.05, 4.69) is 10.6 Å². The molecule has 0 aromatic rings. The van der Waals surface area contributed by atoms with E-state index in [-0.39, 0.29) is 5.91 Å². The summed E-state index contributed by atoms with van der Waals surface area (Å²) < 4.78 is 0. The maximum absolute atomic E-state index is 11.4. The molecular formula is C11H22N2O2S. The third-order valence-electron chi connectivity index (χ3n) is 2.54. The fourth-order valence-corrected chi connectivity index (χ4v) is 2.15. The monoisotopic (exact) mass is 246 g/mol. The second-order valence-electron chi connectivity index (χ2n) is 4.78. The van der Waals surface area contributed by atoms with E-state index in [0.29, 0.717) is 18.8 Å². The standard InChI is InChI=1S/C11H22N2O2S/c1-11(15,8-16-2)7-13-10(14)6-12-5-9-3-4-9/h9,12,15H,3-8H2,1-2H3,(H,13,14). The molecular weight excluding hydrogens is 224 g/mol. The zero-order valence-corrected chi connectivity index (χ0v) is 10.9. The van der Waals surface area contributed by atoms with Crippen molar-refractivity contribution in [2.75, 3.05) is 31.6 Å². The van der Waals surface area contributed by atoms with Gasteiger partial charge in [-0.1, -0.05) is 0 Å². The summed E-state index contributed by atoms with van der Waals surface area (Å²) in [4.78, 5) is 11.4. The fraction of sp³-hybridized carbons (Fsp3) is 0.909. The first kappa shape index (κ1) is 13.8. The van der Waals surface area contributed by atoms with Crippen LogP contribution in [0.4, 0.5) is 0 Å². The number of rotatable bonds is 8. The van der Waals surface area contributed by atoms with E-state index in [1.54, 1.807) is 18.7 Å². The number of carbonyl (C=O) groups excluding carboxylic acids is 1. The molecule has 1 unspecified atom stereocenters. The molecule has 1 atom stereocenters. The van der Waals surface area contributed by atoms with E-state index in [1.165, 1.54) is 12.8 Å². The molecule has 0 bridgehead atoms. The van der Waals surface area contributed by atoms with Crippen molar-refractivity contribution in [2.24, 2.45) is 5.92 Å². The quantitative estimate of drug-likeness (QED) is 0.573. The van der Waals surface area contributed by atoms with Crippen molar-refractivity contribution in [2.45, 2.75) is 25.4 Å². The Labute approximate surface area is 102 Å². The lowest BCUT2D eigenvalue weighted by Crippen LogP contribution is -2.45. The van der Waals surface area contributed by atoms with Gasteiger partial charge in [0.05, 0.1) is 12.1 Å². The van der Waals surface area contributed by atoms with Crippen LogP contribution in [0.1, 0.15) is 19.8 Å². The molecule has 0 aromatic heterocycles. The van der Waals surface area contributed by atoms with Crippen molar-refractivity contribution in [1.29, 1.82) is 0 Å². The lowest BCUT2D eigenvalue weighted by atomic mass is 10.1. The highest BCUT2D eigenvalue weighted by molar-refractivity contribution is 7.98. The summed E-state index contributed by atoms with van der Waals surface area (Å²) in [7, 11) is 0. The van der Waals surface area contributed by atoms with E-state index in [9.17, 15) is 9.90 Å². The second-order valence-corrected chi connectivity index (χ2v) is 5.65. The first-order valence-electron chi connectivity index (χ1n) is 5.72. The minimum Gasteiger partial charge on any atom is -0.387 e. The normalized spacial score (nSPS) is 19.2.